The van der Waals surface area contributed by atoms with Crippen molar-refractivity contribution in [1.29, 1.82) is 0 Å². The Labute approximate surface area is 207 Å². The summed E-state index contributed by atoms with van der Waals surface area (Å²) in [5, 5.41) is 6.25. The van der Waals surface area contributed by atoms with Gasteiger partial charge in [-0.25, -0.2) is 4.39 Å². The topological polar surface area (TPSA) is 21.3 Å². The Morgan fingerprint density at radius 1 is 0.824 bits per heavy atom. The van der Waals surface area contributed by atoms with E-state index in [1.807, 2.05) is 18.2 Å². The molecule has 176 valence electrons. The first-order valence-electron chi connectivity index (χ1n) is 11.9. The molecule has 0 saturated carbocycles. The van der Waals surface area contributed by atoms with E-state index in [-0.39, 0.29) is 30.4 Å². The molecule has 0 aromatic heterocycles. The summed E-state index contributed by atoms with van der Waals surface area (Å²) in [5.74, 6) is 0.237. The van der Waals surface area contributed by atoms with E-state index in [4.69, 9.17) is 4.74 Å². The molecule has 3 atom stereocenters. The molecule has 4 heteroatoms. The third kappa shape index (κ3) is 6.04. The van der Waals surface area contributed by atoms with Gasteiger partial charge in [-0.05, 0) is 64.9 Å². The highest BCUT2D eigenvalue weighted by atomic mass is 35.5. The molecule has 0 amide bonds. The van der Waals surface area contributed by atoms with Gasteiger partial charge < -0.3 is 10.1 Å². The Balaban J connectivity index is 0.00000274. The van der Waals surface area contributed by atoms with Gasteiger partial charge in [-0.1, -0.05) is 84.9 Å². The summed E-state index contributed by atoms with van der Waals surface area (Å²) in [6, 6.07) is 32.8. The Kier molecular flexibility index (Phi) is 8.34. The second kappa shape index (κ2) is 11.6. The number of hydrogen-bond acceptors (Lipinski definition) is 2. The van der Waals surface area contributed by atoms with E-state index >= 15 is 0 Å². The van der Waals surface area contributed by atoms with Crippen LogP contribution < -0.4 is 5.32 Å². The fourth-order valence-electron chi connectivity index (χ4n) is 4.96. The van der Waals surface area contributed by atoms with Gasteiger partial charge in [-0.2, -0.15) is 0 Å². The van der Waals surface area contributed by atoms with Crippen LogP contribution in [0.5, 0.6) is 0 Å². The maximum absolute atomic E-state index is 13.4. The van der Waals surface area contributed by atoms with Crippen LogP contribution in [0, 0.1) is 5.82 Å². The van der Waals surface area contributed by atoms with Crippen LogP contribution in [0.4, 0.5) is 4.39 Å². The SMILES string of the molecule is Cl.Fc1ccc(C2CCNC([C@H](Cc3ccc4ccccc4c3)OCc3ccccc3)C2)cc1. The predicted molar refractivity (Wildman–Crippen MR) is 140 cm³/mol. The predicted octanol–water partition coefficient (Wildman–Crippen LogP) is 7.06. The van der Waals surface area contributed by atoms with E-state index < -0.39 is 0 Å². The van der Waals surface area contributed by atoms with Gasteiger partial charge in [-0.3, -0.25) is 0 Å². The fourth-order valence-corrected chi connectivity index (χ4v) is 4.96. The van der Waals surface area contributed by atoms with E-state index in [1.165, 1.54) is 27.5 Å². The van der Waals surface area contributed by atoms with Crippen LogP contribution in [0.15, 0.2) is 97.1 Å². The van der Waals surface area contributed by atoms with Gasteiger partial charge in [0.2, 0.25) is 0 Å². The van der Waals surface area contributed by atoms with Crippen LogP contribution in [-0.4, -0.2) is 18.7 Å². The number of fused-ring (bicyclic) bond motifs is 1. The molecule has 1 aliphatic rings. The van der Waals surface area contributed by atoms with Crippen molar-refractivity contribution in [2.24, 2.45) is 0 Å². The third-order valence-corrected chi connectivity index (χ3v) is 6.79. The van der Waals surface area contributed by atoms with Crippen molar-refractivity contribution in [3.63, 3.8) is 0 Å². The lowest BCUT2D eigenvalue weighted by molar-refractivity contribution is 0.00665. The zero-order valence-corrected chi connectivity index (χ0v) is 20.0. The molecule has 1 N–H and O–H groups in total. The standard InChI is InChI=1S/C30H30FNO.ClH/c31-28-14-12-25(13-15-28)27-16-17-32-29(20-27)30(33-21-22-6-2-1-3-7-22)19-23-10-11-24-8-4-5-9-26(24)18-23;/h1-15,18,27,29-30,32H,16-17,19-21H2;1H/t27?,29?,30-;/m0./s1. The summed E-state index contributed by atoms with van der Waals surface area (Å²) in [4.78, 5) is 0. The lowest BCUT2D eigenvalue weighted by Crippen LogP contribution is -2.47. The van der Waals surface area contributed by atoms with Crippen LogP contribution in [0.3, 0.4) is 0 Å². The largest absolute Gasteiger partial charge is 0.372 e. The lowest BCUT2D eigenvalue weighted by Gasteiger charge is -2.36. The van der Waals surface area contributed by atoms with Crippen molar-refractivity contribution < 1.29 is 9.13 Å². The molecule has 0 bridgehead atoms. The van der Waals surface area contributed by atoms with Gasteiger partial charge >= 0.3 is 0 Å². The smallest absolute Gasteiger partial charge is 0.123 e. The molecule has 2 nitrogen and oxygen atoms in total. The van der Waals surface area contributed by atoms with Gasteiger partial charge in [0.05, 0.1) is 12.7 Å². The molecule has 34 heavy (non-hydrogen) atoms. The molecule has 1 saturated heterocycles. The molecule has 0 aliphatic carbocycles. The molecular weight excluding hydrogens is 445 g/mol. The number of rotatable bonds is 7. The van der Waals surface area contributed by atoms with Crippen LogP contribution in [0.25, 0.3) is 10.8 Å². The Hall–Kier alpha value is -2.72. The molecule has 4 aromatic rings. The normalized spacial score (nSPS) is 18.9. The molecule has 1 heterocycles. The first kappa shape index (κ1) is 24.4. The zero-order chi connectivity index (χ0) is 22.5. The number of piperidine rings is 1. The molecule has 5 rings (SSSR count). The van der Waals surface area contributed by atoms with Gasteiger partial charge in [0.15, 0.2) is 0 Å². The minimum absolute atomic E-state index is 0. The highest BCUT2D eigenvalue weighted by Crippen LogP contribution is 2.31. The van der Waals surface area contributed by atoms with Crippen LogP contribution >= 0.6 is 12.4 Å². The minimum Gasteiger partial charge on any atom is -0.372 e. The molecule has 4 aromatic carbocycles. The first-order valence-corrected chi connectivity index (χ1v) is 11.9. The highest BCUT2D eigenvalue weighted by Gasteiger charge is 2.30. The molecule has 1 aliphatic heterocycles. The van der Waals surface area contributed by atoms with Crippen molar-refractivity contribution in [2.45, 2.75) is 43.9 Å². The van der Waals surface area contributed by atoms with Crippen molar-refractivity contribution in [3.8, 4) is 0 Å². The van der Waals surface area contributed by atoms with E-state index in [0.29, 0.717) is 12.5 Å². The Bertz CT molecular complexity index is 1180. The maximum atomic E-state index is 13.4. The summed E-state index contributed by atoms with van der Waals surface area (Å²) < 4.78 is 20.0. The van der Waals surface area contributed by atoms with E-state index in [1.54, 1.807) is 12.1 Å². The summed E-state index contributed by atoms with van der Waals surface area (Å²) in [6.45, 7) is 1.54. The Morgan fingerprint density at radius 2 is 1.56 bits per heavy atom. The summed E-state index contributed by atoms with van der Waals surface area (Å²) >= 11 is 0. The third-order valence-electron chi connectivity index (χ3n) is 6.79. The van der Waals surface area contributed by atoms with Crippen molar-refractivity contribution in [1.82, 2.24) is 5.32 Å². The zero-order valence-electron chi connectivity index (χ0n) is 19.2. The average molecular weight is 476 g/mol. The van der Waals surface area contributed by atoms with Crippen LogP contribution in [0.1, 0.15) is 35.4 Å². The molecule has 0 spiro atoms. The van der Waals surface area contributed by atoms with Gasteiger partial charge in [0, 0.05) is 12.5 Å². The number of hydrogen-bond donors (Lipinski definition) is 1. The quantitative estimate of drug-likeness (QED) is 0.309. The first-order chi connectivity index (χ1) is 16.2. The monoisotopic (exact) mass is 475 g/mol. The fraction of sp³-hybridized carbons (Fsp3) is 0.267. The van der Waals surface area contributed by atoms with Crippen LogP contribution in [-0.2, 0) is 17.8 Å². The van der Waals surface area contributed by atoms with E-state index in [2.05, 4.69) is 72.0 Å². The molecular formula is C30H31ClFNO. The van der Waals surface area contributed by atoms with Crippen molar-refractivity contribution >= 4 is 23.2 Å². The summed E-state index contributed by atoms with van der Waals surface area (Å²) in [7, 11) is 0. The summed E-state index contributed by atoms with van der Waals surface area (Å²) in [6.07, 6.45) is 2.95. The van der Waals surface area contributed by atoms with Crippen molar-refractivity contribution in [3.05, 3.63) is 120 Å². The average Bonchev–Trinajstić information content (AvgIpc) is 2.87. The second-order valence-electron chi connectivity index (χ2n) is 9.05. The van der Waals surface area contributed by atoms with Gasteiger partial charge in [0.1, 0.15) is 5.82 Å². The molecule has 2 unspecified atom stereocenters. The second-order valence-corrected chi connectivity index (χ2v) is 9.05. The maximum Gasteiger partial charge on any atom is 0.123 e. The number of ether oxygens (including phenoxy) is 1. The van der Waals surface area contributed by atoms with E-state index in [0.717, 1.165) is 25.8 Å². The van der Waals surface area contributed by atoms with Crippen molar-refractivity contribution in [2.75, 3.05) is 6.54 Å². The number of halogens is 2. The van der Waals surface area contributed by atoms with Gasteiger partial charge in [0.25, 0.3) is 0 Å². The minimum atomic E-state index is -0.176. The van der Waals surface area contributed by atoms with Crippen LogP contribution in [0.2, 0.25) is 0 Å². The number of benzene rings is 4. The van der Waals surface area contributed by atoms with Gasteiger partial charge in [-0.15, -0.1) is 12.4 Å². The Morgan fingerprint density at radius 3 is 2.35 bits per heavy atom. The number of nitrogens with one attached hydrogen (secondary N) is 1. The lowest BCUT2D eigenvalue weighted by atomic mass is 9.83. The molecule has 0 radical (unpaired) electrons. The van der Waals surface area contributed by atoms with E-state index in [9.17, 15) is 4.39 Å². The summed E-state index contributed by atoms with van der Waals surface area (Å²) in [5.41, 5.74) is 3.69. The highest BCUT2D eigenvalue weighted by molar-refractivity contribution is 5.85. The molecule has 1 fully saturated rings.